The van der Waals surface area contributed by atoms with E-state index in [9.17, 15) is 4.79 Å². The molecule has 0 saturated heterocycles. The Hall–Kier alpha value is -1.62. The summed E-state index contributed by atoms with van der Waals surface area (Å²) in [5.74, 6) is -0.217. The van der Waals surface area contributed by atoms with Crippen LogP contribution in [-0.2, 0) is 9.53 Å². The molecule has 5 heteroatoms. The first-order valence-electron chi connectivity index (χ1n) is 5.70. The number of benzene rings is 1. The summed E-state index contributed by atoms with van der Waals surface area (Å²) in [4.78, 5) is 20.1. The number of para-hydroxylation sites is 1. The minimum atomic E-state index is -0.228. The van der Waals surface area contributed by atoms with Gasteiger partial charge < -0.3 is 4.74 Å². The Morgan fingerprint density at radius 1 is 1.39 bits per heavy atom. The lowest BCUT2D eigenvalue weighted by Crippen LogP contribution is -2.17. The highest BCUT2D eigenvalue weighted by atomic mass is 32.2. The number of fused-ring (bicyclic) bond motifs is 1. The molecule has 2 aromatic rings. The lowest BCUT2D eigenvalue weighted by molar-refractivity contribution is -0.140. The summed E-state index contributed by atoms with van der Waals surface area (Å²) in [6.45, 7) is 1.96. The van der Waals surface area contributed by atoms with Crippen molar-refractivity contribution in [3.8, 4) is 0 Å². The van der Waals surface area contributed by atoms with Gasteiger partial charge in [-0.05, 0) is 12.5 Å². The van der Waals surface area contributed by atoms with E-state index in [0.717, 1.165) is 15.9 Å². The van der Waals surface area contributed by atoms with Crippen LogP contribution in [0.15, 0.2) is 35.6 Å². The minimum Gasteiger partial charge on any atom is -0.468 e. The number of hydrogen-bond acceptors (Lipinski definition) is 5. The Balaban J connectivity index is 2.33. The Kier molecular flexibility index (Phi) is 4.15. The van der Waals surface area contributed by atoms with Crippen LogP contribution >= 0.6 is 11.8 Å². The lowest BCUT2D eigenvalue weighted by Gasteiger charge is -2.12. The summed E-state index contributed by atoms with van der Waals surface area (Å²) in [5, 5.41) is 1.55. The Morgan fingerprint density at radius 3 is 2.89 bits per heavy atom. The molecule has 1 aromatic heterocycles. The first-order chi connectivity index (χ1) is 8.76. The van der Waals surface area contributed by atoms with E-state index in [1.807, 2.05) is 31.2 Å². The molecule has 2 rings (SSSR count). The topological polar surface area (TPSA) is 52.1 Å². The molecule has 0 aliphatic carbocycles. The van der Waals surface area contributed by atoms with Gasteiger partial charge in [-0.2, -0.15) is 0 Å². The van der Waals surface area contributed by atoms with Crippen LogP contribution in [-0.4, -0.2) is 28.3 Å². The van der Waals surface area contributed by atoms with Gasteiger partial charge in [0.1, 0.15) is 16.6 Å². The molecule has 0 aliphatic heterocycles. The number of hydrogen-bond donors (Lipinski definition) is 0. The van der Waals surface area contributed by atoms with Crippen LogP contribution in [0.3, 0.4) is 0 Å². The molecule has 0 N–H and O–H groups in total. The van der Waals surface area contributed by atoms with Gasteiger partial charge in [0, 0.05) is 5.39 Å². The number of nitrogens with zero attached hydrogens (tertiary/aromatic N) is 2. The van der Waals surface area contributed by atoms with Crippen LogP contribution in [0.4, 0.5) is 0 Å². The number of carbonyl (C=O) groups is 1. The van der Waals surface area contributed by atoms with Gasteiger partial charge in [-0.1, -0.05) is 36.9 Å². The number of esters is 1. The van der Waals surface area contributed by atoms with Crippen LogP contribution in [0, 0.1) is 0 Å². The van der Waals surface area contributed by atoms with Crippen LogP contribution in [0.5, 0.6) is 0 Å². The predicted octanol–water partition coefficient (Wildman–Crippen LogP) is 2.67. The molecule has 1 heterocycles. The monoisotopic (exact) mass is 262 g/mol. The van der Waals surface area contributed by atoms with E-state index in [2.05, 4.69) is 9.97 Å². The summed E-state index contributed by atoms with van der Waals surface area (Å²) in [5.41, 5.74) is 0.884. The second-order valence-electron chi connectivity index (χ2n) is 3.73. The molecule has 1 atom stereocenters. The molecule has 0 aliphatic rings. The second-order valence-corrected chi connectivity index (χ2v) is 4.93. The van der Waals surface area contributed by atoms with Crippen LogP contribution in [0.2, 0.25) is 0 Å². The van der Waals surface area contributed by atoms with E-state index in [4.69, 9.17) is 4.74 Å². The van der Waals surface area contributed by atoms with Crippen LogP contribution in [0.25, 0.3) is 10.9 Å². The quantitative estimate of drug-likeness (QED) is 0.481. The number of rotatable bonds is 4. The van der Waals surface area contributed by atoms with Crippen molar-refractivity contribution in [2.45, 2.75) is 23.6 Å². The molecule has 0 bridgehead atoms. The molecule has 18 heavy (non-hydrogen) atoms. The molecule has 1 aromatic carbocycles. The van der Waals surface area contributed by atoms with Crippen molar-refractivity contribution in [3.05, 3.63) is 30.6 Å². The van der Waals surface area contributed by atoms with Crippen molar-refractivity contribution in [2.75, 3.05) is 7.11 Å². The maximum Gasteiger partial charge on any atom is 0.319 e. The van der Waals surface area contributed by atoms with Crippen LogP contribution in [0.1, 0.15) is 13.3 Å². The second kappa shape index (κ2) is 5.82. The molecule has 0 spiro atoms. The van der Waals surface area contributed by atoms with Crippen LogP contribution < -0.4 is 0 Å². The normalized spacial score (nSPS) is 12.3. The molecule has 1 unspecified atom stereocenters. The lowest BCUT2D eigenvalue weighted by atomic mass is 10.2. The predicted molar refractivity (Wildman–Crippen MR) is 71.5 cm³/mol. The number of aromatic nitrogens is 2. The highest BCUT2D eigenvalue weighted by molar-refractivity contribution is 8.00. The Bertz CT molecular complexity index is 554. The smallest absolute Gasteiger partial charge is 0.319 e. The standard InChI is InChI=1S/C13H14N2O2S/c1-3-11(13(16)17-2)18-12-9-6-4-5-7-10(9)14-8-15-12/h4-8,11H,3H2,1-2H3. The van der Waals surface area contributed by atoms with Gasteiger partial charge in [0.15, 0.2) is 0 Å². The van der Waals surface area contributed by atoms with Gasteiger partial charge in [0.25, 0.3) is 0 Å². The van der Waals surface area contributed by atoms with E-state index < -0.39 is 0 Å². The zero-order chi connectivity index (χ0) is 13.0. The summed E-state index contributed by atoms with van der Waals surface area (Å²) in [7, 11) is 1.41. The third-order valence-corrected chi connectivity index (χ3v) is 3.95. The highest BCUT2D eigenvalue weighted by Gasteiger charge is 2.20. The fourth-order valence-corrected chi connectivity index (χ4v) is 2.67. The zero-order valence-electron chi connectivity index (χ0n) is 10.3. The largest absolute Gasteiger partial charge is 0.468 e. The molecular weight excluding hydrogens is 248 g/mol. The molecule has 0 fully saturated rings. The molecule has 0 radical (unpaired) electrons. The van der Waals surface area contributed by atoms with Gasteiger partial charge in [-0.3, -0.25) is 4.79 Å². The summed E-state index contributed by atoms with van der Waals surface area (Å²) in [6.07, 6.45) is 2.23. The van der Waals surface area contributed by atoms with Crippen molar-refractivity contribution < 1.29 is 9.53 Å². The summed E-state index contributed by atoms with van der Waals surface area (Å²) < 4.78 is 4.78. The van der Waals surface area contributed by atoms with Crippen molar-refractivity contribution in [1.29, 1.82) is 0 Å². The fraction of sp³-hybridized carbons (Fsp3) is 0.308. The third kappa shape index (κ3) is 2.61. The Labute approximate surface area is 110 Å². The number of carbonyl (C=O) groups excluding carboxylic acids is 1. The summed E-state index contributed by atoms with van der Waals surface area (Å²) in [6, 6.07) is 7.76. The Morgan fingerprint density at radius 2 is 2.17 bits per heavy atom. The molecule has 0 saturated carbocycles. The fourth-order valence-electron chi connectivity index (χ4n) is 1.64. The van der Waals surface area contributed by atoms with Crippen molar-refractivity contribution >= 4 is 28.6 Å². The SMILES string of the molecule is CCC(Sc1ncnc2ccccc12)C(=O)OC. The number of ether oxygens (including phenoxy) is 1. The first kappa shape index (κ1) is 12.8. The van der Waals surface area contributed by atoms with E-state index in [1.54, 1.807) is 0 Å². The highest BCUT2D eigenvalue weighted by Crippen LogP contribution is 2.29. The van der Waals surface area contributed by atoms with Gasteiger partial charge in [-0.15, -0.1) is 0 Å². The maximum absolute atomic E-state index is 11.6. The maximum atomic E-state index is 11.6. The number of thioether (sulfide) groups is 1. The van der Waals surface area contributed by atoms with Gasteiger partial charge in [-0.25, -0.2) is 9.97 Å². The van der Waals surface area contributed by atoms with Gasteiger partial charge in [0.05, 0.1) is 12.6 Å². The molecule has 4 nitrogen and oxygen atoms in total. The van der Waals surface area contributed by atoms with E-state index in [-0.39, 0.29) is 11.2 Å². The minimum absolute atomic E-state index is 0.217. The van der Waals surface area contributed by atoms with E-state index in [1.165, 1.54) is 25.2 Å². The number of methoxy groups -OCH3 is 1. The molecular formula is C13H14N2O2S. The van der Waals surface area contributed by atoms with Crippen molar-refractivity contribution in [3.63, 3.8) is 0 Å². The average molecular weight is 262 g/mol. The van der Waals surface area contributed by atoms with Gasteiger partial charge >= 0.3 is 5.97 Å². The zero-order valence-corrected chi connectivity index (χ0v) is 11.1. The summed E-state index contributed by atoms with van der Waals surface area (Å²) >= 11 is 1.43. The third-order valence-electron chi connectivity index (χ3n) is 2.60. The van der Waals surface area contributed by atoms with E-state index in [0.29, 0.717) is 6.42 Å². The van der Waals surface area contributed by atoms with Crippen molar-refractivity contribution in [2.24, 2.45) is 0 Å². The van der Waals surface area contributed by atoms with E-state index >= 15 is 0 Å². The first-order valence-corrected chi connectivity index (χ1v) is 6.58. The average Bonchev–Trinajstić information content (AvgIpc) is 2.44. The molecule has 0 amide bonds. The van der Waals surface area contributed by atoms with Gasteiger partial charge in [0.2, 0.25) is 0 Å². The molecule has 94 valence electrons. The van der Waals surface area contributed by atoms with Crippen molar-refractivity contribution in [1.82, 2.24) is 9.97 Å².